The number of unbranched alkanes of at least 4 members (excludes halogenated alkanes) is 43. The number of aliphatic hydroxyl groups excluding tert-OH is 1. The van der Waals surface area contributed by atoms with Crippen molar-refractivity contribution in [2.24, 2.45) is 5.92 Å². The minimum Gasteiger partial charge on any atom is -0.462 e. The van der Waals surface area contributed by atoms with E-state index in [4.69, 9.17) is 37.0 Å². The minimum atomic E-state index is -4.95. The summed E-state index contributed by atoms with van der Waals surface area (Å²) in [5.74, 6) is -1.33. The van der Waals surface area contributed by atoms with E-state index < -0.39 is 97.5 Å². The predicted octanol–water partition coefficient (Wildman–Crippen LogP) is 20.5. The Kier molecular flexibility index (Phi) is 63.0. The molecule has 0 aromatic heterocycles. The number of carbonyl (C=O) groups excluding carboxylic acids is 4. The van der Waals surface area contributed by atoms with Crippen LogP contribution in [0.5, 0.6) is 0 Å². The van der Waals surface area contributed by atoms with E-state index in [1.54, 1.807) is 0 Å². The summed E-state index contributed by atoms with van der Waals surface area (Å²) >= 11 is 0. The van der Waals surface area contributed by atoms with Crippen LogP contribution in [0.15, 0.2) is 0 Å². The second-order valence-corrected chi connectivity index (χ2v) is 29.0. The van der Waals surface area contributed by atoms with E-state index in [1.807, 2.05) is 0 Å². The largest absolute Gasteiger partial charge is 0.472 e. The fourth-order valence-corrected chi connectivity index (χ4v) is 12.4. The molecule has 0 rings (SSSR count). The monoisotopic (exact) mass is 1320 g/mol. The molecule has 0 bridgehead atoms. The van der Waals surface area contributed by atoms with E-state index in [0.717, 1.165) is 102 Å². The van der Waals surface area contributed by atoms with Gasteiger partial charge < -0.3 is 33.8 Å². The maximum absolute atomic E-state index is 13.0. The third-order valence-electron chi connectivity index (χ3n) is 16.5. The normalized spacial score (nSPS) is 14.1. The average molecular weight is 1330 g/mol. The summed E-state index contributed by atoms with van der Waals surface area (Å²) in [7, 11) is -9.90. The minimum absolute atomic E-state index is 0.107. The van der Waals surface area contributed by atoms with Crippen molar-refractivity contribution in [3.8, 4) is 0 Å². The molecule has 0 heterocycles. The van der Waals surface area contributed by atoms with Crippen LogP contribution in [0.1, 0.15) is 369 Å². The van der Waals surface area contributed by atoms with Gasteiger partial charge in [-0.3, -0.25) is 37.3 Å². The molecule has 0 aromatic rings. The number of phosphoric ester groups is 2. The molecular formula is C71H138O17P2. The van der Waals surface area contributed by atoms with Crippen LogP contribution in [0.2, 0.25) is 0 Å². The molecule has 534 valence electrons. The van der Waals surface area contributed by atoms with Gasteiger partial charge in [-0.15, -0.1) is 0 Å². The van der Waals surface area contributed by atoms with Crippen LogP contribution >= 0.6 is 15.6 Å². The summed E-state index contributed by atoms with van der Waals surface area (Å²) in [6, 6.07) is 0. The fraction of sp³-hybridized carbons (Fsp3) is 0.944. The highest BCUT2D eigenvalue weighted by Crippen LogP contribution is 2.45. The van der Waals surface area contributed by atoms with Crippen molar-refractivity contribution in [3.05, 3.63) is 0 Å². The second-order valence-electron chi connectivity index (χ2n) is 26.1. The third kappa shape index (κ3) is 64.8. The fourth-order valence-electron chi connectivity index (χ4n) is 10.8. The average Bonchev–Trinajstić information content (AvgIpc) is 2.43. The van der Waals surface area contributed by atoms with Crippen molar-refractivity contribution in [2.75, 3.05) is 39.6 Å². The lowest BCUT2D eigenvalue weighted by atomic mass is 10.0. The highest BCUT2D eigenvalue weighted by Gasteiger charge is 2.30. The van der Waals surface area contributed by atoms with Gasteiger partial charge in [0.1, 0.15) is 19.3 Å². The zero-order valence-corrected chi connectivity index (χ0v) is 60.1. The number of rotatable bonds is 71. The standard InChI is InChI=1S/C71H138O17P2/c1-6-9-12-15-18-21-23-24-28-32-35-40-45-50-55-69(74)82-61-67(88-71(76)57-52-47-42-37-33-29-26-25-27-31-34-38-43-48-53-64(4)5)63-86-90(79,80)84-59-65(72)58-83-89(77,78)85-62-66(60-81-68(73)54-49-44-39-20-17-14-11-8-3)87-70(75)56-51-46-41-36-30-22-19-16-13-10-7-2/h64-67,72H,6-63H2,1-5H3,(H,77,78)(H,79,80)/t65-,66+,67+/m0/s1. The van der Waals surface area contributed by atoms with E-state index in [0.29, 0.717) is 25.7 Å². The summed E-state index contributed by atoms with van der Waals surface area (Å²) in [6.45, 7) is 7.25. The van der Waals surface area contributed by atoms with Crippen molar-refractivity contribution in [1.82, 2.24) is 0 Å². The highest BCUT2D eigenvalue weighted by atomic mass is 31.2. The van der Waals surface area contributed by atoms with Crippen LogP contribution < -0.4 is 0 Å². The summed E-state index contributed by atoms with van der Waals surface area (Å²) in [5.41, 5.74) is 0. The Hall–Kier alpha value is -1.94. The molecule has 0 fully saturated rings. The highest BCUT2D eigenvalue weighted by molar-refractivity contribution is 7.47. The SMILES string of the molecule is CCCCCCCCCCCCCCCCC(=O)OC[C@H](COP(=O)(O)OC[C@@H](O)COP(=O)(O)OC[C@@H](COC(=O)CCCCCCCCCC)OC(=O)CCCCCCCCCCCCC)OC(=O)CCCCCCCCCCCCCCCCC(C)C. The zero-order valence-electron chi connectivity index (χ0n) is 58.3. The van der Waals surface area contributed by atoms with Crippen molar-refractivity contribution >= 4 is 39.5 Å². The van der Waals surface area contributed by atoms with Gasteiger partial charge in [-0.2, -0.15) is 0 Å². The summed E-state index contributed by atoms with van der Waals surface area (Å²) in [6.07, 6.45) is 51.3. The number of ether oxygens (including phenoxy) is 4. The number of aliphatic hydroxyl groups is 1. The van der Waals surface area contributed by atoms with Crippen LogP contribution in [0.3, 0.4) is 0 Å². The molecule has 0 aliphatic rings. The first-order valence-corrected chi connectivity index (χ1v) is 40.1. The van der Waals surface area contributed by atoms with Crippen molar-refractivity contribution < 1.29 is 80.2 Å². The van der Waals surface area contributed by atoms with Crippen molar-refractivity contribution in [2.45, 2.75) is 387 Å². The van der Waals surface area contributed by atoms with E-state index in [1.165, 1.54) is 186 Å². The quantitative estimate of drug-likeness (QED) is 0.0222. The molecule has 0 aliphatic heterocycles. The lowest BCUT2D eigenvalue weighted by Crippen LogP contribution is -2.30. The number of phosphoric acid groups is 2. The number of hydrogen-bond acceptors (Lipinski definition) is 15. The first-order valence-electron chi connectivity index (χ1n) is 37.1. The molecule has 19 heteroatoms. The molecule has 0 aromatic carbocycles. The zero-order chi connectivity index (χ0) is 66.3. The maximum atomic E-state index is 13.0. The van der Waals surface area contributed by atoms with Crippen LogP contribution in [0.4, 0.5) is 0 Å². The summed E-state index contributed by atoms with van der Waals surface area (Å²) in [5, 5.41) is 10.6. The van der Waals surface area contributed by atoms with Gasteiger partial charge in [0.05, 0.1) is 26.4 Å². The Morgan fingerprint density at radius 2 is 0.511 bits per heavy atom. The van der Waals surface area contributed by atoms with E-state index >= 15 is 0 Å². The summed E-state index contributed by atoms with van der Waals surface area (Å²) in [4.78, 5) is 72.5. The lowest BCUT2D eigenvalue weighted by Gasteiger charge is -2.21. The van der Waals surface area contributed by atoms with Gasteiger partial charge in [0, 0.05) is 25.7 Å². The van der Waals surface area contributed by atoms with E-state index in [9.17, 15) is 43.2 Å². The number of carbonyl (C=O) groups is 4. The molecule has 0 spiro atoms. The predicted molar refractivity (Wildman–Crippen MR) is 363 cm³/mol. The van der Waals surface area contributed by atoms with Crippen LogP contribution in [-0.2, 0) is 65.4 Å². The molecule has 0 saturated heterocycles. The molecule has 0 radical (unpaired) electrons. The lowest BCUT2D eigenvalue weighted by molar-refractivity contribution is -0.161. The van der Waals surface area contributed by atoms with Gasteiger partial charge >= 0.3 is 39.5 Å². The van der Waals surface area contributed by atoms with Gasteiger partial charge in [0.15, 0.2) is 12.2 Å². The molecule has 0 saturated carbocycles. The topological polar surface area (TPSA) is 237 Å². The first kappa shape index (κ1) is 88.1. The second kappa shape index (κ2) is 64.4. The Balaban J connectivity index is 5.21. The summed E-state index contributed by atoms with van der Waals surface area (Å²) < 4.78 is 68.3. The molecular weight excluding hydrogens is 1190 g/mol. The molecule has 5 atom stereocenters. The van der Waals surface area contributed by atoms with Crippen LogP contribution in [0.25, 0.3) is 0 Å². The third-order valence-corrected chi connectivity index (χ3v) is 18.4. The van der Waals surface area contributed by atoms with Gasteiger partial charge in [0.25, 0.3) is 0 Å². The molecule has 2 unspecified atom stereocenters. The van der Waals surface area contributed by atoms with Crippen molar-refractivity contribution in [1.29, 1.82) is 0 Å². The Labute approximate surface area is 549 Å². The smallest absolute Gasteiger partial charge is 0.462 e. The van der Waals surface area contributed by atoms with Gasteiger partial charge in [0.2, 0.25) is 0 Å². The number of esters is 4. The Morgan fingerprint density at radius 3 is 0.756 bits per heavy atom. The number of hydrogen-bond donors (Lipinski definition) is 3. The molecule has 17 nitrogen and oxygen atoms in total. The molecule has 3 N–H and O–H groups in total. The Morgan fingerprint density at radius 1 is 0.300 bits per heavy atom. The van der Waals surface area contributed by atoms with E-state index in [2.05, 4.69) is 34.6 Å². The molecule has 0 amide bonds. The van der Waals surface area contributed by atoms with Crippen LogP contribution in [0, 0.1) is 5.92 Å². The van der Waals surface area contributed by atoms with Crippen molar-refractivity contribution in [3.63, 3.8) is 0 Å². The first-order chi connectivity index (χ1) is 43.5. The molecule has 0 aliphatic carbocycles. The Bertz CT molecular complexity index is 1740. The van der Waals surface area contributed by atoms with E-state index in [-0.39, 0.29) is 25.7 Å². The van der Waals surface area contributed by atoms with Gasteiger partial charge in [-0.1, -0.05) is 317 Å². The maximum Gasteiger partial charge on any atom is 0.472 e. The molecule has 90 heavy (non-hydrogen) atoms. The van der Waals surface area contributed by atoms with Gasteiger partial charge in [-0.05, 0) is 31.6 Å². The van der Waals surface area contributed by atoms with Crippen LogP contribution in [-0.4, -0.2) is 96.7 Å². The van der Waals surface area contributed by atoms with Gasteiger partial charge in [-0.25, -0.2) is 9.13 Å².